The number of para-hydroxylation sites is 3. The van der Waals surface area contributed by atoms with Crippen molar-refractivity contribution in [2.75, 3.05) is 152 Å². The number of primary amides is 3. The number of anilines is 9. The predicted molar refractivity (Wildman–Crippen MR) is 370 cm³/mol. The average molecular weight is 1270 g/mol. The molecule has 0 aliphatic carbocycles. The first-order valence-electron chi connectivity index (χ1n) is 30.9. The third kappa shape index (κ3) is 17.3. The summed E-state index contributed by atoms with van der Waals surface area (Å²) in [5.74, 6) is 0.445. The summed E-state index contributed by atoms with van der Waals surface area (Å²) in [5.41, 5.74) is 30.3. The van der Waals surface area contributed by atoms with E-state index in [1.54, 1.807) is 28.4 Å². The van der Waals surface area contributed by atoms with Gasteiger partial charge < -0.3 is 77.5 Å². The van der Waals surface area contributed by atoms with Gasteiger partial charge in [0.15, 0.2) is 0 Å². The van der Waals surface area contributed by atoms with Crippen LogP contribution in [0.5, 0.6) is 17.2 Å². The number of aromatic nitrogens is 3. The third-order valence-electron chi connectivity index (χ3n) is 16.1. The molecule has 23 nitrogen and oxygen atoms in total. The molecule has 488 valence electrons. The summed E-state index contributed by atoms with van der Waals surface area (Å²) >= 11 is 0. The summed E-state index contributed by atoms with van der Waals surface area (Å²) in [7, 11) is 6.53. The summed E-state index contributed by atoms with van der Waals surface area (Å²) < 4.78 is 32.6. The molecule has 3 aromatic heterocycles. The molecule has 9 aromatic rings. The second-order valence-corrected chi connectivity index (χ2v) is 22.3. The number of hydrogen-bond donors (Lipinski definition) is 9. The number of benzene rings is 6. The van der Waals surface area contributed by atoms with E-state index >= 15 is 0 Å². The molecule has 0 bridgehead atoms. The van der Waals surface area contributed by atoms with Crippen molar-refractivity contribution in [2.24, 2.45) is 17.2 Å². The van der Waals surface area contributed by atoms with Crippen molar-refractivity contribution >= 4 is 102 Å². The van der Waals surface area contributed by atoms with E-state index in [0.29, 0.717) is 80.7 Å². The van der Waals surface area contributed by atoms with Gasteiger partial charge in [-0.25, -0.2) is 0 Å². The monoisotopic (exact) mass is 1260 g/mol. The van der Waals surface area contributed by atoms with E-state index in [1.807, 2.05) is 130 Å². The fourth-order valence-corrected chi connectivity index (χ4v) is 10.9. The lowest BCUT2D eigenvalue weighted by atomic mass is 10.1. The molecular formula is C70H84N14O9. The number of aryl methyl sites for hydroxylation is 3. The van der Waals surface area contributed by atoms with E-state index in [-0.39, 0.29) is 0 Å². The highest BCUT2D eigenvalue weighted by Crippen LogP contribution is 2.40. The molecule has 3 amide bonds. The zero-order valence-corrected chi connectivity index (χ0v) is 53.9. The molecule has 0 radical (unpaired) electrons. The van der Waals surface area contributed by atoms with Crippen molar-refractivity contribution in [3.05, 3.63) is 161 Å². The SMILES string of the molecule is COCCNc1cc2c(Nc3ccccc3C)c(C(N)=O)cnc2cc1OC.COc1cc2ncc(C(N)=O)c(Nc3ccccc3C)c2cc1NCCCN1CCOCC1.COc1cc2ncc(C(N)=O)c(Nc3ccccc3C)c2cc1NCCN1CCOCC1. The summed E-state index contributed by atoms with van der Waals surface area (Å²) in [6.07, 6.45) is 5.51. The highest BCUT2D eigenvalue weighted by Gasteiger charge is 2.22. The molecule has 11 rings (SSSR count). The molecule has 12 N–H and O–H groups in total. The van der Waals surface area contributed by atoms with Crippen molar-refractivity contribution in [1.82, 2.24) is 24.8 Å². The number of ether oxygens (including phenoxy) is 6. The molecule has 2 fully saturated rings. The third-order valence-corrected chi connectivity index (χ3v) is 16.1. The lowest BCUT2D eigenvalue weighted by Crippen LogP contribution is -2.39. The maximum Gasteiger partial charge on any atom is 0.252 e. The molecular weight excluding hydrogens is 1180 g/mol. The average Bonchev–Trinajstić information content (AvgIpc) is 0.914. The van der Waals surface area contributed by atoms with Crippen LogP contribution in [-0.4, -0.2) is 163 Å². The Labute approximate surface area is 542 Å². The molecule has 0 saturated carbocycles. The number of methoxy groups -OCH3 is 4. The number of carbonyl (C=O) groups excluding carboxylic acids is 3. The Hall–Kier alpha value is -10.0. The number of hydrogen-bond acceptors (Lipinski definition) is 20. The van der Waals surface area contributed by atoms with Crippen LogP contribution in [0.2, 0.25) is 0 Å². The van der Waals surface area contributed by atoms with Gasteiger partial charge in [0.25, 0.3) is 17.7 Å². The molecule has 2 aliphatic rings. The molecule has 6 aromatic carbocycles. The van der Waals surface area contributed by atoms with Crippen LogP contribution in [0.3, 0.4) is 0 Å². The number of nitrogens with zero attached hydrogens (tertiary/aromatic N) is 5. The maximum atomic E-state index is 12.2. The Balaban J connectivity index is 0.000000165. The summed E-state index contributed by atoms with van der Waals surface area (Å²) in [5, 5.41) is 22.8. The van der Waals surface area contributed by atoms with Gasteiger partial charge in [-0.3, -0.25) is 39.1 Å². The largest absolute Gasteiger partial charge is 0.495 e. The fraction of sp³-hybridized carbons (Fsp3) is 0.314. The van der Waals surface area contributed by atoms with Crippen LogP contribution in [0.1, 0.15) is 54.2 Å². The van der Waals surface area contributed by atoms with Gasteiger partial charge in [0.2, 0.25) is 0 Å². The molecule has 2 saturated heterocycles. The molecule has 0 unspecified atom stereocenters. The zero-order valence-electron chi connectivity index (χ0n) is 53.9. The first-order chi connectivity index (χ1) is 45.2. The molecule has 0 atom stereocenters. The van der Waals surface area contributed by atoms with Gasteiger partial charge in [-0.1, -0.05) is 54.6 Å². The summed E-state index contributed by atoms with van der Waals surface area (Å²) in [4.78, 5) is 54.5. The minimum Gasteiger partial charge on any atom is -0.495 e. The van der Waals surface area contributed by atoms with Crippen molar-refractivity contribution < 1.29 is 42.8 Å². The van der Waals surface area contributed by atoms with Crippen LogP contribution >= 0.6 is 0 Å². The van der Waals surface area contributed by atoms with E-state index in [1.165, 1.54) is 18.6 Å². The fourth-order valence-electron chi connectivity index (χ4n) is 10.9. The smallest absolute Gasteiger partial charge is 0.252 e. The highest BCUT2D eigenvalue weighted by atomic mass is 16.5. The Morgan fingerprint density at radius 1 is 0.452 bits per heavy atom. The molecule has 0 spiro atoms. The second kappa shape index (κ2) is 32.8. The van der Waals surface area contributed by atoms with Gasteiger partial charge in [0.05, 0.1) is 122 Å². The molecule has 2 aliphatic heterocycles. The Morgan fingerprint density at radius 2 is 0.785 bits per heavy atom. The second-order valence-electron chi connectivity index (χ2n) is 22.3. The number of nitrogens with two attached hydrogens (primary N) is 3. The minimum atomic E-state index is -0.546. The van der Waals surface area contributed by atoms with Gasteiger partial charge >= 0.3 is 0 Å². The van der Waals surface area contributed by atoms with Crippen LogP contribution in [0.25, 0.3) is 32.7 Å². The highest BCUT2D eigenvalue weighted by molar-refractivity contribution is 6.11. The van der Waals surface area contributed by atoms with Crippen LogP contribution < -0.4 is 63.3 Å². The zero-order chi connectivity index (χ0) is 65.8. The van der Waals surface area contributed by atoms with Crippen LogP contribution in [0.4, 0.5) is 51.2 Å². The van der Waals surface area contributed by atoms with Gasteiger partial charge in [-0.2, -0.15) is 0 Å². The Kier molecular flexibility index (Phi) is 23.8. The first kappa shape index (κ1) is 67.4. The number of amides is 3. The van der Waals surface area contributed by atoms with Crippen LogP contribution in [0, 0.1) is 20.8 Å². The molecule has 93 heavy (non-hydrogen) atoms. The van der Waals surface area contributed by atoms with E-state index in [4.69, 9.17) is 45.6 Å². The van der Waals surface area contributed by atoms with Crippen LogP contribution in [-0.2, 0) is 14.2 Å². The number of rotatable bonds is 25. The van der Waals surface area contributed by atoms with Crippen molar-refractivity contribution in [3.63, 3.8) is 0 Å². The van der Waals surface area contributed by atoms with Crippen LogP contribution in [0.15, 0.2) is 128 Å². The Bertz CT molecular complexity index is 4070. The molecule has 23 heteroatoms. The van der Waals surface area contributed by atoms with E-state index in [9.17, 15) is 14.4 Å². The topological polar surface area (TPSA) is 302 Å². The van der Waals surface area contributed by atoms with Crippen molar-refractivity contribution in [1.29, 1.82) is 0 Å². The van der Waals surface area contributed by atoms with E-state index in [0.717, 1.165) is 152 Å². The predicted octanol–water partition coefficient (Wildman–Crippen LogP) is 10.1. The van der Waals surface area contributed by atoms with E-state index < -0.39 is 17.7 Å². The first-order valence-corrected chi connectivity index (χ1v) is 30.9. The maximum absolute atomic E-state index is 12.2. The number of pyridine rings is 3. The number of carbonyl (C=O) groups is 3. The Morgan fingerprint density at radius 3 is 1.12 bits per heavy atom. The minimum absolute atomic E-state index is 0.323. The summed E-state index contributed by atoms with van der Waals surface area (Å²) in [6, 6.07) is 35.1. The number of morpholine rings is 2. The number of fused-ring (bicyclic) bond motifs is 3. The van der Waals surface area contributed by atoms with Crippen molar-refractivity contribution in [3.8, 4) is 17.2 Å². The quantitative estimate of drug-likeness (QED) is 0.0240. The lowest BCUT2D eigenvalue weighted by molar-refractivity contribution is 0.0378. The van der Waals surface area contributed by atoms with Gasteiger partial charge in [0.1, 0.15) is 17.2 Å². The van der Waals surface area contributed by atoms with Gasteiger partial charge in [-0.05, 0) is 86.8 Å². The standard InChI is InChI=1S/C25H31N5O3.C24H29N5O3.C21H24N4O3/c1-17-6-3-4-7-20(17)29-24-18-14-22(27-8-5-9-30-10-12-33-13-11-30)23(32-2)15-21(18)28-16-19(24)25(26)31;1-16-5-3-4-6-19(16)28-23-17-13-21(26-7-8-29-9-11-32-12-10-29)22(31-2)14-20(17)27-15-18(23)24(25)30;1-13-6-4-5-7-16(13)25-20-14-10-18(23-8-9-27-2)19(28-3)11-17(14)24-12-15(20)21(22)26/h3-4,6-7,14-16,27H,5,8-13H2,1-2H3,(H2,26,31)(H,28,29);3-6,13-15,26H,7-12H2,1-2H3,(H2,25,30)(H,27,28);4-7,10-12,23H,8-9H2,1-3H3,(H2,22,26)(H,24,25). The van der Waals surface area contributed by atoms with Crippen molar-refractivity contribution in [2.45, 2.75) is 27.2 Å². The number of nitrogens with one attached hydrogen (secondary N) is 6. The summed E-state index contributed by atoms with van der Waals surface area (Å²) in [6.45, 7) is 17.6. The van der Waals surface area contributed by atoms with Gasteiger partial charge in [0, 0.05) is 129 Å². The lowest BCUT2D eigenvalue weighted by Gasteiger charge is -2.26. The molecule has 5 heterocycles. The van der Waals surface area contributed by atoms with Gasteiger partial charge in [-0.15, -0.1) is 0 Å². The normalized spacial score (nSPS) is 13.2. The van der Waals surface area contributed by atoms with E-state index in [2.05, 4.69) is 56.7 Å².